The molecule has 104 valence electrons. The number of ether oxygens (including phenoxy) is 1. The molecule has 3 rings (SSSR count). The van der Waals surface area contributed by atoms with E-state index in [4.69, 9.17) is 4.74 Å². The van der Waals surface area contributed by atoms with Gasteiger partial charge in [0, 0.05) is 5.56 Å². The lowest BCUT2D eigenvalue weighted by molar-refractivity contribution is 0.104. The van der Waals surface area contributed by atoms with Gasteiger partial charge in [0.2, 0.25) is 5.78 Å². The second kappa shape index (κ2) is 5.41. The first kappa shape index (κ1) is 13.4. The summed E-state index contributed by atoms with van der Waals surface area (Å²) < 4.78 is 5.88. The van der Waals surface area contributed by atoms with Crippen LogP contribution in [0.5, 0.6) is 5.75 Å². The highest BCUT2D eigenvalue weighted by Gasteiger charge is 2.21. The van der Waals surface area contributed by atoms with Crippen LogP contribution in [-0.2, 0) is 6.42 Å². The minimum absolute atomic E-state index is 0.132. The van der Waals surface area contributed by atoms with Crippen LogP contribution in [0.4, 0.5) is 0 Å². The lowest BCUT2D eigenvalue weighted by Gasteiger charge is -2.16. The summed E-state index contributed by atoms with van der Waals surface area (Å²) in [6.07, 6.45) is 3.22. The molecule has 0 amide bonds. The van der Waals surface area contributed by atoms with Crippen molar-refractivity contribution in [3.8, 4) is 5.75 Å². The molecule has 0 N–H and O–H groups in total. The van der Waals surface area contributed by atoms with Gasteiger partial charge in [0.1, 0.15) is 5.75 Å². The lowest BCUT2D eigenvalue weighted by Crippen LogP contribution is -2.07. The van der Waals surface area contributed by atoms with E-state index < -0.39 is 0 Å². The van der Waals surface area contributed by atoms with Crippen LogP contribution in [0.15, 0.2) is 23.6 Å². The Morgan fingerprint density at radius 3 is 2.90 bits per heavy atom. The molecule has 1 aliphatic rings. The van der Waals surface area contributed by atoms with Crippen LogP contribution in [0.25, 0.3) is 0 Å². The highest BCUT2D eigenvalue weighted by atomic mass is 32.1. The van der Waals surface area contributed by atoms with Crippen molar-refractivity contribution < 1.29 is 9.53 Å². The number of carbonyl (C=O) groups excluding carboxylic acids is 1. The first-order valence-corrected chi connectivity index (χ1v) is 7.90. The second-order valence-electron chi connectivity index (χ2n) is 5.29. The lowest BCUT2D eigenvalue weighted by atomic mass is 9.92. The summed E-state index contributed by atoms with van der Waals surface area (Å²) in [6, 6.07) is 5.80. The molecule has 2 heterocycles. The molecule has 0 radical (unpaired) electrons. The van der Waals surface area contributed by atoms with Crippen molar-refractivity contribution in [2.24, 2.45) is 0 Å². The molecule has 1 aromatic carbocycles. The van der Waals surface area contributed by atoms with E-state index >= 15 is 0 Å². The van der Waals surface area contributed by atoms with E-state index in [0.717, 1.165) is 53.2 Å². The number of ketones is 1. The number of hydrogen-bond acceptors (Lipinski definition) is 3. The monoisotopic (exact) mass is 286 g/mol. The van der Waals surface area contributed by atoms with Crippen LogP contribution in [0.1, 0.15) is 44.8 Å². The molecule has 0 fully saturated rings. The molecular weight excluding hydrogens is 268 g/mol. The van der Waals surface area contributed by atoms with Crippen LogP contribution in [0, 0.1) is 13.8 Å². The fourth-order valence-electron chi connectivity index (χ4n) is 2.82. The maximum absolute atomic E-state index is 12.6. The average molecular weight is 286 g/mol. The number of aryl methyl sites for hydroxylation is 1. The summed E-state index contributed by atoms with van der Waals surface area (Å²) >= 11 is 1.50. The topological polar surface area (TPSA) is 26.3 Å². The third kappa shape index (κ3) is 2.27. The Hall–Kier alpha value is -1.61. The minimum Gasteiger partial charge on any atom is -0.493 e. The smallest absolute Gasteiger partial charge is 0.203 e. The zero-order chi connectivity index (χ0) is 14.1. The van der Waals surface area contributed by atoms with Crippen LogP contribution in [-0.4, -0.2) is 12.4 Å². The van der Waals surface area contributed by atoms with E-state index in [2.05, 4.69) is 0 Å². The Morgan fingerprint density at radius 1 is 1.30 bits per heavy atom. The van der Waals surface area contributed by atoms with Crippen molar-refractivity contribution in [2.45, 2.75) is 33.1 Å². The largest absolute Gasteiger partial charge is 0.493 e. The zero-order valence-corrected chi connectivity index (χ0v) is 12.7. The highest BCUT2D eigenvalue weighted by molar-refractivity contribution is 7.12. The third-order valence-corrected chi connectivity index (χ3v) is 4.78. The van der Waals surface area contributed by atoms with Gasteiger partial charge in [-0.25, -0.2) is 0 Å². The number of thiophene rings is 1. The highest BCUT2D eigenvalue weighted by Crippen LogP contribution is 2.34. The summed E-state index contributed by atoms with van der Waals surface area (Å²) in [5.74, 6) is 1.13. The molecule has 0 atom stereocenters. The molecule has 2 nitrogen and oxygen atoms in total. The van der Waals surface area contributed by atoms with E-state index in [9.17, 15) is 4.79 Å². The molecule has 0 saturated carbocycles. The molecule has 0 bridgehead atoms. The van der Waals surface area contributed by atoms with E-state index in [0.29, 0.717) is 0 Å². The molecule has 0 aliphatic carbocycles. The zero-order valence-electron chi connectivity index (χ0n) is 11.9. The fourth-order valence-corrected chi connectivity index (χ4v) is 3.50. The van der Waals surface area contributed by atoms with Crippen molar-refractivity contribution in [3.05, 3.63) is 50.7 Å². The predicted octanol–water partition coefficient (Wildman–Crippen LogP) is 4.31. The first-order chi connectivity index (χ1) is 9.68. The maximum Gasteiger partial charge on any atom is 0.203 e. The van der Waals surface area contributed by atoms with Crippen molar-refractivity contribution in [1.29, 1.82) is 0 Å². The second-order valence-corrected chi connectivity index (χ2v) is 6.23. The Labute approximate surface area is 123 Å². The summed E-state index contributed by atoms with van der Waals surface area (Å²) in [6.45, 7) is 4.87. The Bertz CT molecular complexity index is 642. The Balaban J connectivity index is 2.11. The normalized spacial score (nSPS) is 14.3. The van der Waals surface area contributed by atoms with E-state index in [1.807, 2.05) is 37.4 Å². The van der Waals surface area contributed by atoms with Gasteiger partial charge in [-0.2, -0.15) is 0 Å². The molecule has 0 spiro atoms. The number of rotatable bonds is 2. The quantitative estimate of drug-likeness (QED) is 0.769. The minimum atomic E-state index is 0.132. The van der Waals surface area contributed by atoms with E-state index in [1.54, 1.807) is 0 Å². The summed E-state index contributed by atoms with van der Waals surface area (Å²) in [5, 5.41) is 1.95. The average Bonchev–Trinajstić information content (AvgIpc) is 2.86. The Kier molecular flexibility index (Phi) is 3.62. The Morgan fingerprint density at radius 2 is 2.15 bits per heavy atom. The van der Waals surface area contributed by atoms with Crippen molar-refractivity contribution in [3.63, 3.8) is 0 Å². The summed E-state index contributed by atoms with van der Waals surface area (Å²) in [5.41, 5.74) is 4.22. The third-order valence-electron chi connectivity index (χ3n) is 3.91. The number of fused-ring (bicyclic) bond motifs is 1. The summed E-state index contributed by atoms with van der Waals surface area (Å²) in [7, 11) is 0. The van der Waals surface area contributed by atoms with Gasteiger partial charge < -0.3 is 4.74 Å². The molecule has 1 aromatic heterocycles. The van der Waals surface area contributed by atoms with Gasteiger partial charge in [-0.3, -0.25) is 4.79 Å². The standard InChI is InChI=1S/C17H18O2S/c1-11-10-14(16(18)15-7-5-9-20-15)12(2)13-6-3-4-8-19-17(11)13/h5,7,9-10H,3-4,6,8H2,1-2H3. The van der Waals surface area contributed by atoms with Gasteiger partial charge in [-0.1, -0.05) is 6.07 Å². The molecular formula is C17H18O2S. The van der Waals surface area contributed by atoms with Gasteiger partial charge in [-0.15, -0.1) is 11.3 Å². The van der Waals surface area contributed by atoms with Crippen LogP contribution < -0.4 is 4.74 Å². The SMILES string of the molecule is Cc1cc(C(=O)c2cccs2)c(C)c2c1OCCCC2. The van der Waals surface area contributed by atoms with Crippen LogP contribution >= 0.6 is 11.3 Å². The van der Waals surface area contributed by atoms with Crippen molar-refractivity contribution in [1.82, 2.24) is 0 Å². The molecule has 0 saturated heterocycles. The van der Waals surface area contributed by atoms with Gasteiger partial charge >= 0.3 is 0 Å². The predicted molar refractivity (Wildman–Crippen MR) is 82.1 cm³/mol. The molecule has 3 heteroatoms. The molecule has 1 aliphatic heterocycles. The molecule has 0 unspecified atom stereocenters. The van der Waals surface area contributed by atoms with Gasteiger partial charge in [0.15, 0.2) is 0 Å². The fraction of sp³-hybridized carbons (Fsp3) is 0.353. The number of carbonyl (C=O) groups is 1. The maximum atomic E-state index is 12.6. The first-order valence-electron chi connectivity index (χ1n) is 7.02. The van der Waals surface area contributed by atoms with Crippen LogP contribution in [0.3, 0.4) is 0 Å². The van der Waals surface area contributed by atoms with Gasteiger partial charge in [-0.05, 0) is 67.3 Å². The summed E-state index contributed by atoms with van der Waals surface area (Å²) in [4.78, 5) is 13.4. The molecule has 20 heavy (non-hydrogen) atoms. The molecule has 2 aromatic rings. The van der Waals surface area contributed by atoms with Gasteiger partial charge in [0.05, 0.1) is 11.5 Å². The van der Waals surface area contributed by atoms with Crippen molar-refractivity contribution >= 4 is 17.1 Å². The van der Waals surface area contributed by atoms with Gasteiger partial charge in [0.25, 0.3) is 0 Å². The van der Waals surface area contributed by atoms with E-state index in [-0.39, 0.29) is 5.78 Å². The van der Waals surface area contributed by atoms with Crippen molar-refractivity contribution in [2.75, 3.05) is 6.61 Å². The number of benzene rings is 1. The number of hydrogen-bond donors (Lipinski definition) is 0. The van der Waals surface area contributed by atoms with E-state index in [1.165, 1.54) is 16.9 Å². The van der Waals surface area contributed by atoms with Crippen LogP contribution in [0.2, 0.25) is 0 Å².